The normalized spacial score (nSPS) is 11.4. The Labute approximate surface area is 178 Å². The number of fused-ring (bicyclic) bond motifs is 1. The van der Waals surface area contributed by atoms with Gasteiger partial charge in [-0.1, -0.05) is 57.5 Å². The number of aromatic nitrogens is 2. The maximum Gasteiger partial charge on any atom is 0.265 e. The van der Waals surface area contributed by atoms with Crippen LogP contribution in [0.25, 0.3) is 11.0 Å². The summed E-state index contributed by atoms with van der Waals surface area (Å²) in [4.78, 5) is 33.1. The number of nitrogens with zero attached hydrogens (tertiary/aromatic N) is 3. The molecule has 0 bridgehead atoms. The molecule has 0 spiro atoms. The first kappa shape index (κ1) is 21.8. The van der Waals surface area contributed by atoms with Gasteiger partial charge in [0.05, 0.1) is 6.54 Å². The second kappa shape index (κ2) is 9.24. The Bertz CT molecular complexity index is 1070. The fourth-order valence-corrected chi connectivity index (χ4v) is 3.67. The van der Waals surface area contributed by atoms with E-state index in [9.17, 15) is 9.59 Å². The van der Waals surface area contributed by atoms with Gasteiger partial charge in [0.1, 0.15) is 11.2 Å². The lowest BCUT2D eigenvalue weighted by Crippen LogP contribution is -2.40. The molecule has 1 aromatic carbocycles. The van der Waals surface area contributed by atoms with E-state index >= 15 is 0 Å². The molecule has 3 aromatic rings. The average Bonchev–Trinajstić information content (AvgIpc) is 2.69. The van der Waals surface area contributed by atoms with Crippen molar-refractivity contribution < 1.29 is 4.79 Å². The number of aryl methyl sites for hydroxylation is 1. The van der Waals surface area contributed by atoms with Gasteiger partial charge < -0.3 is 4.90 Å². The van der Waals surface area contributed by atoms with E-state index in [0.717, 1.165) is 16.5 Å². The fraction of sp³-hybridized carbons (Fsp3) is 0.400. The molecule has 0 aliphatic heterocycles. The maximum absolute atomic E-state index is 13.4. The highest BCUT2D eigenvalue weighted by atomic mass is 16.2. The van der Waals surface area contributed by atoms with Gasteiger partial charge in [0.2, 0.25) is 0 Å². The number of benzene rings is 1. The molecular formula is C25H31N3O2. The monoisotopic (exact) mass is 405 g/mol. The van der Waals surface area contributed by atoms with Crippen LogP contribution in [0.3, 0.4) is 0 Å². The van der Waals surface area contributed by atoms with Crippen LogP contribution in [0.4, 0.5) is 0 Å². The molecule has 2 heterocycles. The minimum Gasteiger partial charge on any atom is -0.338 e. The molecule has 0 unspecified atom stereocenters. The molecule has 1 amide bonds. The van der Waals surface area contributed by atoms with E-state index < -0.39 is 0 Å². The zero-order chi connectivity index (χ0) is 21.8. The second-order valence-corrected chi connectivity index (χ2v) is 8.85. The van der Waals surface area contributed by atoms with Crippen LogP contribution in [0.15, 0.2) is 53.5 Å². The summed E-state index contributed by atoms with van der Waals surface area (Å²) in [5.41, 5.74) is 2.68. The molecule has 0 aliphatic rings. The van der Waals surface area contributed by atoms with E-state index in [2.05, 4.69) is 32.7 Å². The van der Waals surface area contributed by atoms with E-state index in [-0.39, 0.29) is 17.0 Å². The molecule has 0 radical (unpaired) electrons. The summed E-state index contributed by atoms with van der Waals surface area (Å²) in [5, 5.41) is 0.793. The van der Waals surface area contributed by atoms with Gasteiger partial charge in [0.15, 0.2) is 0 Å². The summed E-state index contributed by atoms with van der Waals surface area (Å²) < 4.78 is 1.62. The highest BCUT2D eigenvalue weighted by molar-refractivity contribution is 5.97. The van der Waals surface area contributed by atoms with E-state index in [1.807, 2.05) is 48.2 Å². The quantitative estimate of drug-likeness (QED) is 0.581. The van der Waals surface area contributed by atoms with Crippen molar-refractivity contribution in [3.63, 3.8) is 0 Å². The second-order valence-electron chi connectivity index (χ2n) is 8.85. The SMILES string of the molecule is Cc1ccc(Cn2c(=O)c(C(=O)N(CC(C)C)CC(C)C)cc3cccnc32)cc1. The maximum atomic E-state index is 13.4. The smallest absolute Gasteiger partial charge is 0.265 e. The molecule has 0 atom stereocenters. The van der Waals surface area contributed by atoms with Crippen molar-refractivity contribution in [2.75, 3.05) is 13.1 Å². The third kappa shape index (κ3) is 4.96. The Balaban J connectivity index is 2.11. The van der Waals surface area contributed by atoms with Gasteiger partial charge in [-0.2, -0.15) is 0 Å². The van der Waals surface area contributed by atoms with Crippen molar-refractivity contribution in [3.05, 3.63) is 75.7 Å². The lowest BCUT2D eigenvalue weighted by molar-refractivity contribution is 0.0713. The number of carbonyl (C=O) groups is 1. The molecule has 3 rings (SSSR count). The highest BCUT2D eigenvalue weighted by Gasteiger charge is 2.23. The minimum absolute atomic E-state index is 0.203. The first-order valence-electron chi connectivity index (χ1n) is 10.6. The van der Waals surface area contributed by atoms with Gasteiger partial charge in [0.25, 0.3) is 11.5 Å². The zero-order valence-electron chi connectivity index (χ0n) is 18.6. The molecule has 5 nitrogen and oxygen atoms in total. The van der Waals surface area contributed by atoms with Gasteiger partial charge in [-0.25, -0.2) is 4.98 Å². The first-order valence-corrected chi connectivity index (χ1v) is 10.6. The van der Waals surface area contributed by atoms with Crippen molar-refractivity contribution in [1.82, 2.24) is 14.5 Å². The van der Waals surface area contributed by atoms with Crippen LogP contribution in [0, 0.1) is 18.8 Å². The topological polar surface area (TPSA) is 55.2 Å². The van der Waals surface area contributed by atoms with E-state index in [4.69, 9.17) is 0 Å². The van der Waals surface area contributed by atoms with Gasteiger partial charge in [-0.15, -0.1) is 0 Å². The van der Waals surface area contributed by atoms with Gasteiger partial charge in [-0.05, 0) is 42.5 Å². The number of rotatable bonds is 7. The van der Waals surface area contributed by atoms with Crippen molar-refractivity contribution in [3.8, 4) is 0 Å². The molecule has 2 aromatic heterocycles. The van der Waals surface area contributed by atoms with E-state index in [0.29, 0.717) is 37.1 Å². The van der Waals surface area contributed by atoms with Crippen molar-refractivity contribution >= 4 is 16.9 Å². The number of pyridine rings is 2. The number of carbonyl (C=O) groups excluding carboxylic acids is 1. The van der Waals surface area contributed by atoms with E-state index in [1.165, 1.54) is 0 Å². The van der Waals surface area contributed by atoms with Gasteiger partial charge in [0, 0.05) is 24.7 Å². The lowest BCUT2D eigenvalue weighted by atomic mass is 10.1. The predicted octanol–water partition coefficient (Wildman–Crippen LogP) is 4.51. The fourth-order valence-electron chi connectivity index (χ4n) is 3.67. The number of hydrogen-bond acceptors (Lipinski definition) is 3. The Morgan fingerprint density at radius 3 is 2.27 bits per heavy atom. The first-order chi connectivity index (χ1) is 14.3. The molecule has 0 saturated heterocycles. The summed E-state index contributed by atoms with van der Waals surface area (Å²) >= 11 is 0. The van der Waals surface area contributed by atoms with Crippen LogP contribution in [0.2, 0.25) is 0 Å². The van der Waals surface area contributed by atoms with E-state index in [1.54, 1.807) is 16.8 Å². The number of amides is 1. The van der Waals surface area contributed by atoms with Crippen LogP contribution in [-0.4, -0.2) is 33.4 Å². The van der Waals surface area contributed by atoms with Crippen LogP contribution in [-0.2, 0) is 6.54 Å². The third-order valence-electron chi connectivity index (χ3n) is 5.00. The standard InChI is InChI=1S/C25H31N3O2/c1-17(2)14-27(15-18(3)4)24(29)22-13-21-7-6-12-26-23(21)28(25(22)30)16-20-10-8-19(5)9-11-20/h6-13,17-18H,14-16H2,1-5H3. The molecule has 158 valence electrons. The molecule has 0 saturated carbocycles. The van der Waals surface area contributed by atoms with Crippen LogP contribution >= 0.6 is 0 Å². The average molecular weight is 406 g/mol. The Morgan fingerprint density at radius 2 is 1.67 bits per heavy atom. The summed E-state index contributed by atoms with van der Waals surface area (Å²) in [6.45, 7) is 12.0. The highest BCUT2D eigenvalue weighted by Crippen LogP contribution is 2.16. The Morgan fingerprint density at radius 1 is 1.03 bits per heavy atom. The van der Waals surface area contributed by atoms with Crippen LogP contribution < -0.4 is 5.56 Å². The summed E-state index contributed by atoms with van der Waals surface area (Å²) in [5.74, 6) is 0.444. The number of hydrogen-bond donors (Lipinski definition) is 0. The van der Waals surface area contributed by atoms with Crippen molar-refractivity contribution in [1.29, 1.82) is 0 Å². The molecule has 0 N–H and O–H groups in total. The lowest BCUT2D eigenvalue weighted by Gasteiger charge is -2.26. The molecular weight excluding hydrogens is 374 g/mol. The zero-order valence-corrected chi connectivity index (χ0v) is 18.6. The van der Waals surface area contributed by atoms with Crippen molar-refractivity contribution in [2.45, 2.75) is 41.2 Å². The molecule has 0 fully saturated rings. The summed E-state index contributed by atoms with van der Waals surface area (Å²) in [6.07, 6.45) is 1.68. The molecule has 5 heteroatoms. The Kier molecular flexibility index (Phi) is 6.70. The predicted molar refractivity (Wildman–Crippen MR) is 122 cm³/mol. The summed E-state index contributed by atoms with van der Waals surface area (Å²) in [7, 11) is 0. The Hall–Kier alpha value is -2.95. The van der Waals surface area contributed by atoms with Crippen LogP contribution in [0.5, 0.6) is 0 Å². The van der Waals surface area contributed by atoms with Gasteiger partial charge >= 0.3 is 0 Å². The third-order valence-corrected chi connectivity index (χ3v) is 5.00. The van der Waals surface area contributed by atoms with Gasteiger partial charge in [-0.3, -0.25) is 14.2 Å². The minimum atomic E-state index is -0.288. The molecule has 0 aliphatic carbocycles. The van der Waals surface area contributed by atoms with Crippen molar-refractivity contribution in [2.24, 2.45) is 11.8 Å². The molecule has 30 heavy (non-hydrogen) atoms. The largest absolute Gasteiger partial charge is 0.338 e. The van der Waals surface area contributed by atoms with Crippen LogP contribution in [0.1, 0.15) is 49.2 Å². The summed E-state index contributed by atoms with van der Waals surface area (Å²) in [6, 6.07) is 13.5.